The lowest BCUT2D eigenvalue weighted by Gasteiger charge is -2.30. The molecule has 1 aliphatic carbocycles. The minimum absolute atomic E-state index is 0.117. The highest BCUT2D eigenvalue weighted by Crippen LogP contribution is 2.20. The van der Waals surface area contributed by atoms with Crippen LogP contribution in [0.1, 0.15) is 13.8 Å². The highest BCUT2D eigenvalue weighted by Gasteiger charge is 2.31. The highest BCUT2D eigenvalue weighted by atomic mass is 32.2. The van der Waals surface area contributed by atoms with Crippen LogP contribution in [0.15, 0.2) is 54.1 Å². The van der Waals surface area contributed by atoms with Crippen molar-refractivity contribution in [2.24, 2.45) is 5.92 Å². The molecule has 0 amide bonds. The number of hydrogen-bond acceptors (Lipinski definition) is 6. The van der Waals surface area contributed by atoms with Crippen molar-refractivity contribution >= 4 is 15.2 Å². The second-order valence-corrected chi connectivity index (χ2v) is 7.32. The smallest absolute Gasteiger partial charge is 0.218 e. The molecule has 1 aromatic carbocycles. The molecule has 26 heavy (non-hydrogen) atoms. The van der Waals surface area contributed by atoms with E-state index in [0.717, 1.165) is 11.3 Å². The van der Waals surface area contributed by atoms with E-state index >= 15 is 0 Å². The number of hydrogen-bond donors (Lipinski definition) is 3. The molecule has 0 aromatic heterocycles. The number of rotatable bonds is 8. The van der Waals surface area contributed by atoms with E-state index in [1.54, 1.807) is 19.1 Å². The molecule has 0 fully saturated rings. The Morgan fingerprint density at radius 3 is 2.58 bits per heavy atom. The second kappa shape index (κ2) is 9.68. The van der Waals surface area contributed by atoms with E-state index in [0.29, 0.717) is 6.61 Å². The van der Waals surface area contributed by atoms with Crippen LogP contribution in [-0.2, 0) is 10.3 Å². The third kappa shape index (κ3) is 5.54. The minimum Gasteiger partial charge on any atom is -0.492 e. The molecular formula is C19H25NO5S. The number of nitrogens with one attached hydrogen (secondary N) is 1. The monoisotopic (exact) mass is 379 g/mol. The first kappa shape index (κ1) is 20.4. The largest absolute Gasteiger partial charge is 0.492 e. The van der Waals surface area contributed by atoms with Crippen molar-refractivity contribution in [1.82, 2.24) is 5.32 Å². The fourth-order valence-corrected chi connectivity index (χ4v) is 3.54. The fourth-order valence-electron chi connectivity index (χ4n) is 2.82. The number of ether oxygens (including phenoxy) is 1. The number of allylic oxidation sites excluding steroid dienone is 3. The van der Waals surface area contributed by atoms with Crippen molar-refractivity contribution in [3.63, 3.8) is 0 Å². The topological polar surface area (TPSA) is 95.9 Å². The Labute approximate surface area is 155 Å². The van der Waals surface area contributed by atoms with Gasteiger partial charge in [0.15, 0.2) is 0 Å². The molecule has 0 radical (unpaired) electrons. The Balaban J connectivity index is 2.00. The van der Waals surface area contributed by atoms with Crippen LogP contribution in [0.5, 0.6) is 5.75 Å². The van der Waals surface area contributed by atoms with Crippen molar-refractivity contribution in [3.05, 3.63) is 54.1 Å². The molecule has 142 valence electrons. The first-order valence-corrected chi connectivity index (χ1v) is 9.55. The lowest BCUT2D eigenvalue weighted by Crippen LogP contribution is -2.52. The molecule has 1 aromatic rings. The summed E-state index contributed by atoms with van der Waals surface area (Å²) in [6, 6.07) is 8.49. The van der Waals surface area contributed by atoms with Gasteiger partial charge in [0.2, 0.25) is 10.3 Å². The maximum absolute atomic E-state index is 11.5. The van der Waals surface area contributed by atoms with Crippen LogP contribution >= 0.6 is 0 Å². The first-order chi connectivity index (χ1) is 12.4. The second-order valence-electron chi connectivity index (χ2n) is 6.38. The Morgan fingerprint density at radius 1 is 1.27 bits per heavy atom. The zero-order chi connectivity index (χ0) is 19.1. The SMILES string of the molecule is CC1=CC(=S(=O)=O)C([C@H](O)[C@H](CO)NC(C)COc2ccccc2)C=C1. The fraction of sp³-hybridized carbons (Fsp3) is 0.421. The summed E-state index contributed by atoms with van der Waals surface area (Å²) in [6.45, 7) is 3.67. The highest BCUT2D eigenvalue weighted by molar-refractivity contribution is 7.73. The van der Waals surface area contributed by atoms with E-state index in [9.17, 15) is 18.6 Å². The minimum atomic E-state index is -2.44. The molecule has 1 aliphatic rings. The molecule has 0 saturated carbocycles. The molecule has 0 saturated heterocycles. The van der Waals surface area contributed by atoms with Gasteiger partial charge in [-0.25, -0.2) is 0 Å². The summed E-state index contributed by atoms with van der Waals surface area (Å²) in [4.78, 5) is 0.117. The third-order valence-electron chi connectivity index (χ3n) is 4.18. The van der Waals surface area contributed by atoms with Gasteiger partial charge in [0.1, 0.15) is 12.4 Å². The summed E-state index contributed by atoms with van der Waals surface area (Å²) in [5.74, 6) is 0.0272. The molecule has 7 heteroatoms. The molecule has 0 spiro atoms. The summed E-state index contributed by atoms with van der Waals surface area (Å²) < 4.78 is 28.6. The van der Waals surface area contributed by atoms with Gasteiger partial charge >= 0.3 is 0 Å². The van der Waals surface area contributed by atoms with Crippen LogP contribution in [-0.4, -0.2) is 54.9 Å². The van der Waals surface area contributed by atoms with Crippen LogP contribution < -0.4 is 10.1 Å². The van der Waals surface area contributed by atoms with E-state index < -0.39 is 28.4 Å². The van der Waals surface area contributed by atoms with Crippen LogP contribution in [0.4, 0.5) is 0 Å². The van der Waals surface area contributed by atoms with E-state index in [1.165, 1.54) is 6.08 Å². The normalized spacial score (nSPS) is 20.2. The summed E-state index contributed by atoms with van der Waals surface area (Å²) in [7, 11) is -2.44. The molecule has 6 nitrogen and oxygen atoms in total. The van der Waals surface area contributed by atoms with Crippen LogP contribution in [0.2, 0.25) is 0 Å². The maximum atomic E-state index is 11.5. The van der Waals surface area contributed by atoms with Crippen LogP contribution in [0, 0.1) is 5.92 Å². The Hall–Kier alpha value is -1.93. The van der Waals surface area contributed by atoms with Gasteiger partial charge in [-0.05, 0) is 32.1 Å². The average Bonchev–Trinajstić information content (AvgIpc) is 2.64. The van der Waals surface area contributed by atoms with Gasteiger partial charge in [0.25, 0.3) is 0 Å². The Morgan fingerprint density at radius 2 is 1.96 bits per heavy atom. The van der Waals surface area contributed by atoms with Crippen molar-refractivity contribution < 1.29 is 23.4 Å². The van der Waals surface area contributed by atoms with Gasteiger partial charge in [0, 0.05) is 12.0 Å². The van der Waals surface area contributed by atoms with E-state index in [2.05, 4.69) is 5.32 Å². The molecule has 2 rings (SSSR count). The molecule has 0 bridgehead atoms. The van der Waals surface area contributed by atoms with Gasteiger partial charge in [-0.3, -0.25) is 0 Å². The summed E-state index contributed by atoms with van der Waals surface area (Å²) >= 11 is 0. The predicted molar refractivity (Wildman–Crippen MR) is 102 cm³/mol. The van der Waals surface area contributed by atoms with Crippen LogP contribution in [0.25, 0.3) is 0 Å². The van der Waals surface area contributed by atoms with Crippen molar-refractivity contribution in [2.75, 3.05) is 13.2 Å². The van der Waals surface area contributed by atoms with Gasteiger partial charge in [-0.2, -0.15) is 8.42 Å². The number of benzene rings is 1. The Kier molecular flexibility index (Phi) is 7.59. The molecule has 0 heterocycles. The van der Waals surface area contributed by atoms with Crippen molar-refractivity contribution in [2.45, 2.75) is 32.0 Å². The lowest BCUT2D eigenvalue weighted by molar-refractivity contribution is 0.0679. The standard InChI is InChI=1S/C19H25NO5S/c1-13-8-9-16(18(10-13)26(23)24)19(22)17(11-21)20-14(2)12-25-15-6-4-3-5-7-15/h3-10,14,16-17,19-22H,11-12H2,1-2H3/t14?,16?,17-,19-/m0/s1. The zero-order valence-corrected chi connectivity index (χ0v) is 15.7. The van der Waals surface area contributed by atoms with E-state index in [-0.39, 0.29) is 17.5 Å². The quantitative estimate of drug-likeness (QED) is 0.582. The summed E-state index contributed by atoms with van der Waals surface area (Å²) in [6.07, 6.45) is 3.86. The molecule has 0 aliphatic heterocycles. The average molecular weight is 379 g/mol. The van der Waals surface area contributed by atoms with Gasteiger partial charge in [-0.1, -0.05) is 35.9 Å². The summed E-state index contributed by atoms with van der Waals surface area (Å²) in [5, 5.41) is 23.4. The van der Waals surface area contributed by atoms with Crippen molar-refractivity contribution in [3.8, 4) is 5.75 Å². The maximum Gasteiger partial charge on any atom is 0.218 e. The van der Waals surface area contributed by atoms with Gasteiger partial charge in [-0.15, -0.1) is 0 Å². The number of para-hydroxylation sites is 1. The third-order valence-corrected chi connectivity index (χ3v) is 4.95. The van der Waals surface area contributed by atoms with Gasteiger partial charge < -0.3 is 20.3 Å². The van der Waals surface area contributed by atoms with Crippen LogP contribution in [0.3, 0.4) is 0 Å². The Bertz CT molecular complexity index is 777. The van der Waals surface area contributed by atoms with E-state index in [4.69, 9.17) is 4.74 Å². The first-order valence-electron chi connectivity index (χ1n) is 8.47. The zero-order valence-electron chi connectivity index (χ0n) is 14.9. The van der Waals surface area contributed by atoms with Crippen molar-refractivity contribution in [1.29, 1.82) is 0 Å². The number of aliphatic hydroxyl groups excluding tert-OH is 2. The predicted octanol–water partition coefficient (Wildman–Crippen LogP) is 0.949. The van der Waals surface area contributed by atoms with E-state index in [1.807, 2.05) is 37.3 Å². The molecule has 4 atom stereocenters. The lowest BCUT2D eigenvalue weighted by atomic mass is 9.88. The number of aliphatic hydroxyl groups is 2. The molecule has 3 N–H and O–H groups in total. The molecule has 2 unspecified atom stereocenters. The molecular weight excluding hydrogens is 354 g/mol. The van der Waals surface area contributed by atoms with Gasteiger partial charge in [0.05, 0.1) is 23.6 Å². The summed E-state index contributed by atoms with van der Waals surface area (Å²) in [5.41, 5.74) is 0.797.